The van der Waals surface area contributed by atoms with E-state index in [0.29, 0.717) is 38.9 Å². The number of rotatable bonds is 6. The summed E-state index contributed by atoms with van der Waals surface area (Å²) in [6.45, 7) is 2.19. The summed E-state index contributed by atoms with van der Waals surface area (Å²) < 4.78 is 97.6. The second kappa shape index (κ2) is 10.3. The van der Waals surface area contributed by atoms with E-state index in [2.05, 4.69) is 0 Å². The molecule has 37 heavy (non-hydrogen) atoms. The molecule has 1 saturated heterocycles. The number of hydrogen-bond acceptors (Lipinski definition) is 4. The minimum Gasteiger partial charge on any atom is -0.462 e. The number of benzene rings is 2. The largest absolute Gasteiger partial charge is 0.462 e. The van der Waals surface area contributed by atoms with E-state index in [-0.39, 0.29) is 24.5 Å². The normalized spacial score (nSPS) is 20.1. The van der Waals surface area contributed by atoms with Crippen molar-refractivity contribution in [3.8, 4) is 0 Å². The molecule has 1 aliphatic carbocycles. The number of halogens is 6. The van der Waals surface area contributed by atoms with Crippen LogP contribution in [0.5, 0.6) is 0 Å². The van der Waals surface area contributed by atoms with Crippen LogP contribution in [0.3, 0.4) is 0 Å². The fourth-order valence-electron chi connectivity index (χ4n) is 5.54. The Labute approximate surface area is 210 Å². The first kappa shape index (κ1) is 27.4. The zero-order valence-electron chi connectivity index (χ0n) is 20.3. The second-order valence-electron chi connectivity index (χ2n) is 9.68. The van der Waals surface area contributed by atoms with Crippen LogP contribution < -0.4 is 0 Å². The molecule has 1 spiro atoms. The quantitative estimate of drug-likeness (QED) is 0.303. The number of esters is 1. The van der Waals surface area contributed by atoms with E-state index in [1.807, 2.05) is 30.3 Å². The van der Waals surface area contributed by atoms with Crippen LogP contribution in [0.1, 0.15) is 61.3 Å². The lowest BCUT2D eigenvalue weighted by Gasteiger charge is -2.47. The monoisotopic (exact) mass is 530 g/mol. The molecular weight excluding hydrogens is 502 g/mol. The fourth-order valence-corrected chi connectivity index (χ4v) is 5.54. The smallest absolute Gasteiger partial charge is 0.416 e. The number of aryl methyl sites for hydroxylation is 1. The van der Waals surface area contributed by atoms with Crippen molar-refractivity contribution in [2.45, 2.75) is 75.1 Å². The molecule has 2 aromatic carbocycles. The van der Waals surface area contributed by atoms with E-state index >= 15 is 0 Å². The van der Waals surface area contributed by atoms with Gasteiger partial charge in [-0.1, -0.05) is 30.3 Å². The highest BCUT2D eigenvalue weighted by Gasteiger charge is 2.51. The van der Waals surface area contributed by atoms with Crippen LogP contribution in [0, 0.1) is 0 Å². The number of ether oxygens (including phenoxy) is 3. The predicted molar refractivity (Wildman–Crippen MR) is 122 cm³/mol. The highest BCUT2D eigenvalue weighted by Crippen LogP contribution is 2.50. The highest BCUT2D eigenvalue weighted by atomic mass is 19.4. The summed E-state index contributed by atoms with van der Waals surface area (Å²) in [4.78, 5) is 12.1. The van der Waals surface area contributed by atoms with Crippen molar-refractivity contribution in [1.82, 2.24) is 0 Å². The lowest BCUT2D eigenvalue weighted by Crippen LogP contribution is -2.49. The average molecular weight is 531 g/mol. The van der Waals surface area contributed by atoms with Crippen molar-refractivity contribution >= 4 is 5.97 Å². The van der Waals surface area contributed by atoms with E-state index < -0.39 is 46.8 Å². The molecule has 0 aromatic heterocycles. The average Bonchev–Trinajstić information content (AvgIpc) is 3.30. The summed E-state index contributed by atoms with van der Waals surface area (Å²) in [5, 5.41) is 0. The molecule has 0 unspecified atom stereocenters. The molecular formula is C27H28F6O4. The molecule has 1 saturated carbocycles. The summed E-state index contributed by atoms with van der Waals surface area (Å²) in [6.07, 6.45) is -8.71. The Bertz CT molecular complexity index is 1050. The molecule has 2 fully saturated rings. The number of hydrogen-bond donors (Lipinski definition) is 0. The highest BCUT2D eigenvalue weighted by molar-refractivity contribution is 5.66. The molecule has 202 valence electrons. The van der Waals surface area contributed by atoms with E-state index in [0.717, 1.165) is 17.7 Å². The van der Waals surface area contributed by atoms with Gasteiger partial charge in [-0.05, 0) is 55.0 Å². The third-order valence-electron chi connectivity index (χ3n) is 7.33. The zero-order chi connectivity index (χ0) is 26.9. The van der Waals surface area contributed by atoms with Gasteiger partial charge in [0.1, 0.15) is 6.10 Å². The minimum atomic E-state index is -4.93. The van der Waals surface area contributed by atoms with Crippen LogP contribution in [-0.4, -0.2) is 31.1 Å². The van der Waals surface area contributed by atoms with Gasteiger partial charge in [-0.25, -0.2) is 0 Å². The van der Waals surface area contributed by atoms with Gasteiger partial charge in [0.25, 0.3) is 0 Å². The van der Waals surface area contributed by atoms with Gasteiger partial charge < -0.3 is 14.2 Å². The van der Waals surface area contributed by atoms with Crippen LogP contribution in [0.15, 0.2) is 48.5 Å². The molecule has 1 aliphatic heterocycles. The van der Waals surface area contributed by atoms with Gasteiger partial charge in [0.15, 0.2) is 5.79 Å². The molecule has 2 aromatic rings. The van der Waals surface area contributed by atoms with Crippen molar-refractivity contribution in [2.24, 2.45) is 0 Å². The maximum Gasteiger partial charge on any atom is 0.416 e. The van der Waals surface area contributed by atoms with Crippen molar-refractivity contribution in [3.63, 3.8) is 0 Å². The summed E-state index contributed by atoms with van der Waals surface area (Å²) in [5.74, 6) is -1.30. The molecule has 0 bridgehead atoms. The Kier molecular flexibility index (Phi) is 7.63. The Balaban J connectivity index is 1.67. The lowest BCUT2D eigenvalue weighted by molar-refractivity contribution is -0.194. The van der Waals surface area contributed by atoms with Gasteiger partial charge in [-0.2, -0.15) is 26.3 Å². The first-order valence-electron chi connectivity index (χ1n) is 12.1. The second-order valence-corrected chi connectivity index (χ2v) is 9.68. The van der Waals surface area contributed by atoms with Crippen molar-refractivity contribution in [2.75, 3.05) is 13.2 Å². The van der Waals surface area contributed by atoms with Gasteiger partial charge in [0.2, 0.25) is 0 Å². The molecule has 0 amide bonds. The van der Waals surface area contributed by atoms with Gasteiger partial charge in [-0.3, -0.25) is 4.79 Å². The van der Waals surface area contributed by atoms with Gasteiger partial charge in [0.05, 0.1) is 24.3 Å². The number of carbonyl (C=O) groups excluding carboxylic acids is 1. The SMILES string of the molecule is CC(=O)O[C@H](CCc1cc(C(F)(F)F)cc(C(F)(F)F)c1)C1(c2ccccc2)CCC2(CC1)OCCO2. The lowest BCUT2D eigenvalue weighted by atomic mass is 9.63. The Morgan fingerprint density at radius 3 is 1.92 bits per heavy atom. The van der Waals surface area contributed by atoms with Crippen molar-refractivity contribution in [3.05, 3.63) is 70.8 Å². The van der Waals surface area contributed by atoms with Crippen molar-refractivity contribution in [1.29, 1.82) is 0 Å². The van der Waals surface area contributed by atoms with Gasteiger partial charge >= 0.3 is 18.3 Å². The number of alkyl halides is 6. The summed E-state index contributed by atoms with van der Waals surface area (Å²) in [5.41, 5.74) is -2.68. The molecule has 4 nitrogen and oxygen atoms in total. The molecule has 1 heterocycles. The van der Waals surface area contributed by atoms with Crippen LogP contribution >= 0.6 is 0 Å². The maximum absolute atomic E-state index is 13.4. The fraction of sp³-hybridized carbons (Fsp3) is 0.519. The Morgan fingerprint density at radius 1 is 0.892 bits per heavy atom. The molecule has 1 atom stereocenters. The Morgan fingerprint density at radius 2 is 1.43 bits per heavy atom. The maximum atomic E-state index is 13.4. The van der Waals surface area contributed by atoms with E-state index in [1.54, 1.807) is 0 Å². The van der Waals surface area contributed by atoms with E-state index in [1.165, 1.54) is 6.92 Å². The zero-order valence-corrected chi connectivity index (χ0v) is 20.3. The first-order valence-corrected chi connectivity index (χ1v) is 12.1. The number of carbonyl (C=O) groups is 1. The summed E-state index contributed by atoms with van der Waals surface area (Å²) in [7, 11) is 0. The molecule has 0 radical (unpaired) electrons. The minimum absolute atomic E-state index is 0.0434. The van der Waals surface area contributed by atoms with Crippen LogP contribution in [0.4, 0.5) is 26.3 Å². The standard InChI is InChI=1S/C27H28F6O4/c1-18(34)37-23(8-7-19-15-21(26(28,29)30)17-22(16-19)27(31,32)33)24(20-5-3-2-4-6-20)9-11-25(12-10-24)35-13-14-36-25/h2-6,15-17,23H,7-14H2,1H3/t23-/m1/s1. The Hall–Kier alpha value is -2.59. The summed E-state index contributed by atoms with van der Waals surface area (Å²) >= 11 is 0. The molecule has 4 rings (SSSR count). The van der Waals surface area contributed by atoms with Gasteiger partial charge in [-0.15, -0.1) is 0 Å². The summed E-state index contributed by atoms with van der Waals surface area (Å²) in [6, 6.07) is 10.9. The molecule has 2 aliphatic rings. The van der Waals surface area contributed by atoms with E-state index in [9.17, 15) is 31.1 Å². The third kappa shape index (κ3) is 6.12. The predicted octanol–water partition coefficient (Wildman–Crippen LogP) is 6.84. The van der Waals surface area contributed by atoms with Crippen LogP contribution in [-0.2, 0) is 43.2 Å². The van der Waals surface area contributed by atoms with Crippen molar-refractivity contribution < 1.29 is 45.3 Å². The molecule has 10 heteroatoms. The topological polar surface area (TPSA) is 44.8 Å². The van der Waals surface area contributed by atoms with Crippen LogP contribution in [0.25, 0.3) is 0 Å². The van der Waals surface area contributed by atoms with Crippen LogP contribution in [0.2, 0.25) is 0 Å². The molecule has 0 N–H and O–H groups in total. The third-order valence-corrected chi connectivity index (χ3v) is 7.33. The van der Waals surface area contributed by atoms with E-state index in [4.69, 9.17) is 14.2 Å². The van der Waals surface area contributed by atoms with Gasteiger partial charge in [0, 0.05) is 25.2 Å². The first-order chi connectivity index (χ1) is 17.3.